The van der Waals surface area contributed by atoms with Crippen LogP contribution in [0.5, 0.6) is 0 Å². The molecule has 1 saturated heterocycles. The van der Waals surface area contributed by atoms with E-state index in [9.17, 15) is 13.6 Å². The van der Waals surface area contributed by atoms with Crippen molar-refractivity contribution >= 4 is 11.9 Å². The normalized spacial score (nSPS) is 19.8. The van der Waals surface area contributed by atoms with Crippen molar-refractivity contribution in [3.8, 4) is 0 Å². The molecule has 29 heavy (non-hydrogen) atoms. The molecule has 0 saturated carbocycles. The average Bonchev–Trinajstić information content (AvgIpc) is 3.11. The van der Waals surface area contributed by atoms with Crippen molar-refractivity contribution in [1.82, 2.24) is 25.5 Å². The lowest BCUT2D eigenvalue weighted by Crippen LogP contribution is -2.48. The second-order valence-electron chi connectivity index (χ2n) is 7.60. The Bertz CT molecular complexity index is 889. The molecule has 1 atom stereocenters. The van der Waals surface area contributed by atoms with Crippen LogP contribution in [0.3, 0.4) is 0 Å². The van der Waals surface area contributed by atoms with E-state index in [-0.39, 0.29) is 23.5 Å². The Morgan fingerprint density at radius 3 is 2.76 bits per heavy atom. The lowest BCUT2D eigenvalue weighted by molar-refractivity contribution is -0.128. The quantitative estimate of drug-likeness (QED) is 0.678. The number of alkyl halides is 2. The standard InChI is InChI=1S/C20H24F2N6O/c21-20(22,16-8-26-19(23)27-9-16)12-24-7-13-3-4-14-10-28(11-15(14)6-13)17-2-1-5-25-18(17)29/h3-4,6,8-9,17,24H,1-2,5,7,10-12H2,(H,25,29)(H2,23,26,27). The summed E-state index contributed by atoms with van der Waals surface area (Å²) < 4.78 is 28.6. The van der Waals surface area contributed by atoms with E-state index in [1.54, 1.807) is 0 Å². The number of halogens is 2. The molecule has 1 amide bonds. The van der Waals surface area contributed by atoms with Gasteiger partial charge in [0.05, 0.1) is 18.2 Å². The van der Waals surface area contributed by atoms with Crippen LogP contribution in [0.25, 0.3) is 0 Å². The minimum atomic E-state index is -3.09. The molecule has 0 spiro atoms. The molecule has 0 bridgehead atoms. The SMILES string of the molecule is Nc1ncc(C(F)(F)CNCc2ccc3c(c2)CN(C2CCCNC2=O)C3)cn1. The smallest absolute Gasteiger partial charge is 0.288 e. The van der Waals surface area contributed by atoms with Crippen molar-refractivity contribution in [1.29, 1.82) is 0 Å². The number of nitrogens with zero attached hydrogens (tertiary/aromatic N) is 3. The number of nitrogen functional groups attached to an aromatic ring is 1. The highest BCUT2D eigenvalue weighted by molar-refractivity contribution is 5.82. The summed E-state index contributed by atoms with van der Waals surface area (Å²) in [4.78, 5) is 21.6. The zero-order chi connectivity index (χ0) is 20.4. The molecule has 9 heteroatoms. The second-order valence-corrected chi connectivity index (χ2v) is 7.60. The predicted molar refractivity (Wildman–Crippen MR) is 104 cm³/mol. The van der Waals surface area contributed by atoms with Crippen LogP contribution in [-0.4, -0.2) is 39.9 Å². The summed E-state index contributed by atoms with van der Waals surface area (Å²) in [5.74, 6) is -3.02. The summed E-state index contributed by atoms with van der Waals surface area (Å²) in [6, 6.07) is 5.92. The van der Waals surface area contributed by atoms with Gasteiger partial charge >= 0.3 is 0 Å². The number of hydrogen-bond donors (Lipinski definition) is 3. The molecular formula is C20H24F2N6O. The van der Waals surface area contributed by atoms with Crippen molar-refractivity contribution in [3.05, 3.63) is 52.8 Å². The number of hydrogen-bond acceptors (Lipinski definition) is 6. The Balaban J connectivity index is 1.34. The maximum atomic E-state index is 14.3. The minimum absolute atomic E-state index is 0.0320. The lowest BCUT2D eigenvalue weighted by atomic mass is 10.1. The molecule has 4 rings (SSSR count). The second kappa shape index (κ2) is 8.00. The lowest BCUT2D eigenvalue weighted by Gasteiger charge is -2.29. The monoisotopic (exact) mass is 402 g/mol. The van der Waals surface area contributed by atoms with Crippen LogP contribution in [-0.2, 0) is 30.4 Å². The largest absolute Gasteiger partial charge is 0.368 e. The van der Waals surface area contributed by atoms with Crippen LogP contribution in [0.2, 0.25) is 0 Å². The summed E-state index contributed by atoms with van der Waals surface area (Å²) in [6.07, 6.45) is 3.97. The maximum absolute atomic E-state index is 14.3. The summed E-state index contributed by atoms with van der Waals surface area (Å²) in [7, 11) is 0. The van der Waals surface area contributed by atoms with Crippen LogP contribution < -0.4 is 16.4 Å². The van der Waals surface area contributed by atoms with Gasteiger partial charge < -0.3 is 16.4 Å². The molecule has 2 aliphatic rings. The molecule has 1 aromatic carbocycles. The van der Waals surface area contributed by atoms with Gasteiger partial charge in [0.2, 0.25) is 11.9 Å². The number of nitrogens with two attached hydrogens (primary N) is 1. The van der Waals surface area contributed by atoms with Gasteiger partial charge in [0.1, 0.15) is 0 Å². The van der Waals surface area contributed by atoms with Gasteiger partial charge in [0, 0.05) is 38.6 Å². The van der Waals surface area contributed by atoms with Crippen LogP contribution in [0.15, 0.2) is 30.6 Å². The molecule has 2 aromatic rings. The van der Waals surface area contributed by atoms with Crippen LogP contribution in [0.1, 0.15) is 35.1 Å². The molecule has 1 aromatic heterocycles. The first-order valence-corrected chi connectivity index (χ1v) is 9.71. The predicted octanol–water partition coefficient (Wildman–Crippen LogP) is 1.53. The fourth-order valence-corrected chi connectivity index (χ4v) is 3.90. The van der Waals surface area contributed by atoms with E-state index in [1.165, 1.54) is 5.56 Å². The van der Waals surface area contributed by atoms with Gasteiger partial charge in [-0.05, 0) is 29.5 Å². The Kier molecular flexibility index (Phi) is 5.42. The molecule has 4 N–H and O–H groups in total. The first kappa shape index (κ1) is 19.7. The highest BCUT2D eigenvalue weighted by Gasteiger charge is 2.33. The number of fused-ring (bicyclic) bond motifs is 1. The topological polar surface area (TPSA) is 96.2 Å². The van der Waals surface area contributed by atoms with Gasteiger partial charge in [-0.25, -0.2) is 9.97 Å². The molecule has 0 aliphatic carbocycles. The highest BCUT2D eigenvalue weighted by atomic mass is 19.3. The Morgan fingerprint density at radius 2 is 2.00 bits per heavy atom. The molecular weight excluding hydrogens is 378 g/mol. The van der Waals surface area contributed by atoms with E-state index in [0.717, 1.165) is 49.5 Å². The Labute approximate surface area is 167 Å². The van der Waals surface area contributed by atoms with Crippen molar-refractivity contribution in [2.45, 2.75) is 44.4 Å². The van der Waals surface area contributed by atoms with Crippen molar-refractivity contribution < 1.29 is 13.6 Å². The first-order chi connectivity index (χ1) is 13.9. The fourth-order valence-electron chi connectivity index (χ4n) is 3.90. The number of rotatable bonds is 6. The van der Waals surface area contributed by atoms with E-state index in [1.807, 2.05) is 18.2 Å². The van der Waals surface area contributed by atoms with Crippen molar-refractivity contribution in [2.75, 3.05) is 18.8 Å². The molecule has 7 nitrogen and oxygen atoms in total. The van der Waals surface area contributed by atoms with Gasteiger partial charge in [-0.3, -0.25) is 9.69 Å². The van der Waals surface area contributed by atoms with Crippen LogP contribution >= 0.6 is 0 Å². The number of anilines is 1. The number of piperidine rings is 1. The Morgan fingerprint density at radius 1 is 1.24 bits per heavy atom. The minimum Gasteiger partial charge on any atom is -0.368 e. The maximum Gasteiger partial charge on any atom is 0.288 e. The van der Waals surface area contributed by atoms with E-state index in [2.05, 4.69) is 25.5 Å². The van der Waals surface area contributed by atoms with Crippen LogP contribution in [0.4, 0.5) is 14.7 Å². The summed E-state index contributed by atoms with van der Waals surface area (Å²) in [5, 5.41) is 5.74. The van der Waals surface area contributed by atoms with Gasteiger partial charge in [-0.1, -0.05) is 18.2 Å². The summed E-state index contributed by atoms with van der Waals surface area (Å²) in [6.45, 7) is 2.00. The number of nitrogens with one attached hydrogen (secondary N) is 2. The van der Waals surface area contributed by atoms with E-state index in [0.29, 0.717) is 13.1 Å². The molecule has 154 valence electrons. The molecule has 1 unspecified atom stereocenters. The highest BCUT2D eigenvalue weighted by Crippen LogP contribution is 2.29. The molecule has 1 fully saturated rings. The van der Waals surface area contributed by atoms with Gasteiger partial charge in [0.25, 0.3) is 5.92 Å². The number of carbonyl (C=O) groups excluding carboxylic acids is 1. The van der Waals surface area contributed by atoms with Crippen molar-refractivity contribution in [3.63, 3.8) is 0 Å². The fraction of sp³-hybridized carbons (Fsp3) is 0.450. The van der Waals surface area contributed by atoms with E-state index in [4.69, 9.17) is 5.73 Å². The summed E-state index contributed by atoms with van der Waals surface area (Å²) in [5.41, 5.74) is 8.36. The number of amides is 1. The molecule has 0 radical (unpaired) electrons. The number of carbonyl (C=O) groups is 1. The molecule has 3 heterocycles. The first-order valence-electron chi connectivity index (χ1n) is 9.71. The van der Waals surface area contributed by atoms with Gasteiger partial charge in [-0.2, -0.15) is 8.78 Å². The zero-order valence-electron chi connectivity index (χ0n) is 16.0. The van der Waals surface area contributed by atoms with Crippen molar-refractivity contribution in [2.24, 2.45) is 0 Å². The average molecular weight is 402 g/mol. The number of aromatic nitrogens is 2. The van der Waals surface area contributed by atoms with Crippen LogP contribution in [0, 0.1) is 0 Å². The van der Waals surface area contributed by atoms with Gasteiger partial charge in [-0.15, -0.1) is 0 Å². The third kappa shape index (κ3) is 4.35. The van der Waals surface area contributed by atoms with Gasteiger partial charge in [0.15, 0.2) is 0 Å². The van der Waals surface area contributed by atoms with E-state index >= 15 is 0 Å². The third-order valence-electron chi connectivity index (χ3n) is 5.48. The number of benzene rings is 1. The molecule has 2 aliphatic heterocycles. The van der Waals surface area contributed by atoms with E-state index < -0.39 is 12.5 Å². The third-order valence-corrected chi connectivity index (χ3v) is 5.48. The summed E-state index contributed by atoms with van der Waals surface area (Å²) >= 11 is 0. The Hall–Kier alpha value is -2.65. The zero-order valence-corrected chi connectivity index (χ0v) is 16.0.